The van der Waals surface area contributed by atoms with Gasteiger partial charge in [-0.05, 0) is 61.4 Å². The molecule has 2 N–H and O–H groups in total. The molecule has 0 saturated heterocycles. The van der Waals surface area contributed by atoms with Gasteiger partial charge in [0, 0.05) is 31.7 Å². The van der Waals surface area contributed by atoms with Crippen LogP contribution < -0.4 is 10.6 Å². The second kappa shape index (κ2) is 12.1. The Kier molecular flexibility index (Phi) is 8.12. The van der Waals surface area contributed by atoms with E-state index in [0.717, 1.165) is 61.6 Å². The quantitative estimate of drug-likeness (QED) is 0.309. The van der Waals surface area contributed by atoms with Crippen molar-refractivity contribution in [1.82, 2.24) is 34.5 Å². The molecular formula is C31H36F2N8O. The van der Waals surface area contributed by atoms with Crippen LogP contribution >= 0.6 is 0 Å². The number of hydrogen-bond donors (Lipinski definition) is 2. The lowest BCUT2D eigenvalue weighted by Crippen LogP contribution is -2.48. The highest BCUT2D eigenvalue weighted by Gasteiger charge is 2.27. The number of carbonyl (C=O) groups is 1. The number of fused-ring (bicyclic) bond motifs is 2. The van der Waals surface area contributed by atoms with Gasteiger partial charge >= 0.3 is 0 Å². The molecule has 0 radical (unpaired) electrons. The number of rotatable bonds is 9. The SMILES string of the molecule is CCCC(N[C@H]1CCc2cc(F)cc(F)c2C1)C(=O)Nc1cn(-c2ccccc2CN2CCn3c(C)nnc3C2)cn1. The number of carbonyl (C=O) groups excluding carboxylic acids is 1. The molecule has 2 aromatic heterocycles. The Bertz CT molecular complexity index is 1580. The van der Waals surface area contributed by atoms with Gasteiger partial charge in [0.15, 0.2) is 5.82 Å². The minimum Gasteiger partial charge on any atom is -0.313 e. The number of halogens is 2. The molecule has 1 aliphatic carbocycles. The van der Waals surface area contributed by atoms with E-state index in [1.54, 1.807) is 6.33 Å². The van der Waals surface area contributed by atoms with Gasteiger partial charge in [-0.2, -0.15) is 0 Å². The highest BCUT2D eigenvalue weighted by atomic mass is 19.1. The fourth-order valence-electron chi connectivity index (χ4n) is 6.15. The highest BCUT2D eigenvalue weighted by Crippen LogP contribution is 2.26. The predicted octanol–water partition coefficient (Wildman–Crippen LogP) is 4.32. The number of amides is 1. The first-order valence-corrected chi connectivity index (χ1v) is 14.6. The molecule has 2 aliphatic rings. The Balaban J connectivity index is 1.11. The van der Waals surface area contributed by atoms with Gasteiger partial charge in [0.25, 0.3) is 0 Å². The smallest absolute Gasteiger partial charge is 0.242 e. The van der Waals surface area contributed by atoms with Crippen LogP contribution in [0.3, 0.4) is 0 Å². The lowest BCUT2D eigenvalue weighted by Gasteiger charge is -2.29. The Morgan fingerprint density at radius 2 is 2.02 bits per heavy atom. The zero-order chi connectivity index (χ0) is 29.2. The lowest BCUT2D eigenvalue weighted by molar-refractivity contribution is -0.118. The summed E-state index contributed by atoms with van der Waals surface area (Å²) in [6, 6.07) is 10.0. The van der Waals surface area contributed by atoms with Crippen molar-refractivity contribution in [2.24, 2.45) is 0 Å². The van der Waals surface area contributed by atoms with E-state index in [4.69, 9.17) is 0 Å². The largest absolute Gasteiger partial charge is 0.313 e. The minimum atomic E-state index is -0.546. The van der Waals surface area contributed by atoms with Crippen molar-refractivity contribution in [1.29, 1.82) is 0 Å². The first-order valence-electron chi connectivity index (χ1n) is 14.6. The maximum Gasteiger partial charge on any atom is 0.242 e. The summed E-state index contributed by atoms with van der Waals surface area (Å²) < 4.78 is 32.2. The monoisotopic (exact) mass is 574 g/mol. The third kappa shape index (κ3) is 5.98. The van der Waals surface area contributed by atoms with Crippen molar-refractivity contribution in [3.63, 3.8) is 0 Å². The summed E-state index contributed by atoms with van der Waals surface area (Å²) in [6.45, 7) is 7.28. The summed E-state index contributed by atoms with van der Waals surface area (Å²) in [6.07, 6.45) is 6.70. The zero-order valence-electron chi connectivity index (χ0n) is 24.0. The summed E-state index contributed by atoms with van der Waals surface area (Å²) in [7, 11) is 0. The molecule has 1 aliphatic heterocycles. The van der Waals surface area contributed by atoms with Gasteiger partial charge in [0.1, 0.15) is 29.6 Å². The normalized spacial score (nSPS) is 17.5. The molecule has 0 spiro atoms. The predicted molar refractivity (Wildman–Crippen MR) is 155 cm³/mol. The molecule has 42 heavy (non-hydrogen) atoms. The fraction of sp³-hybridized carbons (Fsp3) is 0.419. The summed E-state index contributed by atoms with van der Waals surface area (Å²) in [5.74, 6) is 1.16. The maximum atomic E-state index is 14.4. The van der Waals surface area contributed by atoms with Crippen LogP contribution in [0.2, 0.25) is 0 Å². The van der Waals surface area contributed by atoms with E-state index in [1.165, 1.54) is 6.07 Å². The summed E-state index contributed by atoms with van der Waals surface area (Å²) >= 11 is 0. The molecule has 2 atom stereocenters. The molecule has 2 aromatic carbocycles. The number of benzene rings is 2. The molecule has 0 fully saturated rings. The second-order valence-corrected chi connectivity index (χ2v) is 11.3. The van der Waals surface area contributed by atoms with E-state index in [0.29, 0.717) is 42.6 Å². The van der Waals surface area contributed by atoms with Gasteiger partial charge in [0.05, 0.1) is 24.5 Å². The van der Waals surface area contributed by atoms with Crippen LogP contribution in [0.25, 0.3) is 5.69 Å². The second-order valence-electron chi connectivity index (χ2n) is 11.3. The maximum absolute atomic E-state index is 14.4. The van der Waals surface area contributed by atoms with Gasteiger partial charge in [-0.15, -0.1) is 10.2 Å². The molecule has 9 nitrogen and oxygen atoms in total. The van der Waals surface area contributed by atoms with Crippen molar-refractivity contribution < 1.29 is 13.6 Å². The molecule has 1 amide bonds. The number of hydrogen-bond acceptors (Lipinski definition) is 6. The Labute approximate surface area is 244 Å². The van der Waals surface area contributed by atoms with E-state index >= 15 is 0 Å². The standard InChI is InChI=1S/C31H36F2N8O/c1-3-6-27(35-24-10-9-21-13-23(32)14-26(33)25(21)15-24)31(42)36-29-17-40(19-34-29)28-8-5-4-7-22(28)16-39-11-12-41-20(2)37-38-30(41)18-39/h4-5,7-8,13-14,17,19,24,27,35H,3,6,9-12,15-16,18H2,1-2H3,(H,36,42)/t24-,27?/m0/s1. The summed E-state index contributed by atoms with van der Waals surface area (Å²) in [5.41, 5.74) is 3.39. The third-order valence-electron chi connectivity index (χ3n) is 8.31. The molecule has 220 valence electrons. The molecule has 4 aromatic rings. The van der Waals surface area contributed by atoms with Crippen LogP contribution in [-0.2, 0) is 37.3 Å². The van der Waals surface area contributed by atoms with E-state index < -0.39 is 17.7 Å². The van der Waals surface area contributed by atoms with E-state index in [-0.39, 0.29) is 11.9 Å². The number of imidazole rings is 1. The van der Waals surface area contributed by atoms with Crippen LogP contribution in [0, 0.1) is 18.6 Å². The summed E-state index contributed by atoms with van der Waals surface area (Å²) in [4.78, 5) is 20.2. The molecule has 1 unspecified atom stereocenters. The van der Waals surface area contributed by atoms with Gasteiger partial charge in [0.2, 0.25) is 5.91 Å². The van der Waals surface area contributed by atoms with Gasteiger partial charge in [-0.3, -0.25) is 9.69 Å². The van der Waals surface area contributed by atoms with E-state index in [9.17, 15) is 13.6 Å². The van der Waals surface area contributed by atoms with Crippen molar-refractivity contribution in [2.75, 3.05) is 11.9 Å². The van der Waals surface area contributed by atoms with Gasteiger partial charge in [-0.25, -0.2) is 13.8 Å². The molecule has 0 bridgehead atoms. The molecule has 0 saturated carbocycles. The first-order chi connectivity index (χ1) is 20.4. The van der Waals surface area contributed by atoms with Crippen LogP contribution in [0.1, 0.15) is 54.5 Å². The first kappa shape index (κ1) is 28.2. The minimum absolute atomic E-state index is 0.0725. The number of anilines is 1. The van der Waals surface area contributed by atoms with Crippen molar-refractivity contribution in [3.05, 3.63) is 88.9 Å². The number of para-hydroxylation sites is 1. The summed E-state index contributed by atoms with van der Waals surface area (Å²) in [5, 5.41) is 14.9. The number of nitrogens with one attached hydrogen (secondary N) is 2. The number of aromatic nitrogens is 5. The van der Waals surface area contributed by atoms with Crippen LogP contribution in [0.5, 0.6) is 0 Å². The van der Waals surface area contributed by atoms with Gasteiger partial charge < -0.3 is 19.8 Å². The molecule has 11 heteroatoms. The third-order valence-corrected chi connectivity index (χ3v) is 8.31. The van der Waals surface area contributed by atoms with Crippen LogP contribution in [-0.4, -0.2) is 53.8 Å². The van der Waals surface area contributed by atoms with E-state index in [2.05, 4.69) is 41.3 Å². The molecule has 6 rings (SSSR count). The Hall–Kier alpha value is -3.96. The lowest BCUT2D eigenvalue weighted by atomic mass is 9.87. The number of nitrogens with zero attached hydrogens (tertiary/aromatic N) is 6. The van der Waals surface area contributed by atoms with Crippen LogP contribution in [0.4, 0.5) is 14.6 Å². The molecular weight excluding hydrogens is 538 g/mol. The Morgan fingerprint density at radius 1 is 1.17 bits per heavy atom. The Morgan fingerprint density at radius 3 is 2.88 bits per heavy atom. The van der Waals surface area contributed by atoms with E-state index in [1.807, 2.05) is 42.8 Å². The van der Waals surface area contributed by atoms with Gasteiger partial charge in [-0.1, -0.05) is 31.5 Å². The molecule has 3 heterocycles. The highest BCUT2D eigenvalue weighted by molar-refractivity contribution is 5.94. The average molecular weight is 575 g/mol. The average Bonchev–Trinajstić information content (AvgIpc) is 3.59. The van der Waals surface area contributed by atoms with Crippen molar-refractivity contribution in [3.8, 4) is 5.69 Å². The van der Waals surface area contributed by atoms with Crippen molar-refractivity contribution in [2.45, 2.75) is 77.7 Å². The fourth-order valence-corrected chi connectivity index (χ4v) is 6.15. The zero-order valence-corrected chi connectivity index (χ0v) is 24.0. The topological polar surface area (TPSA) is 92.9 Å². The van der Waals surface area contributed by atoms with Crippen LogP contribution in [0.15, 0.2) is 48.9 Å². The number of aryl methyl sites for hydroxylation is 2. The van der Waals surface area contributed by atoms with Crippen molar-refractivity contribution >= 4 is 11.7 Å².